The second kappa shape index (κ2) is 17.7. The molecule has 0 saturated carbocycles. The molecular formula is C36H40O10. The van der Waals surface area contributed by atoms with Gasteiger partial charge in [0.2, 0.25) is 0 Å². The van der Waals surface area contributed by atoms with Crippen molar-refractivity contribution in [1.82, 2.24) is 0 Å². The van der Waals surface area contributed by atoms with Crippen molar-refractivity contribution in [3.8, 4) is 23.0 Å². The number of carbonyl (C=O) groups excluding carboxylic acids is 3. The quantitative estimate of drug-likeness (QED) is 0.0652. The highest BCUT2D eigenvalue weighted by Gasteiger charge is 2.33. The third-order valence-corrected chi connectivity index (χ3v) is 6.95. The fourth-order valence-corrected chi connectivity index (χ4v) is 4.26. The molecule has 0 aromatic heterocycles. The van der Waals surface area contributed by atoms with Crippen molar-refractivity contribution in [1.29, 1.82) is 0 Å². The second-order valence-electron chi connectivity index (χ2n) is 11.1. The Hall–Kier alpha value is -4.67. The summed E-state index contributed by atoms with van der Waals surface area (Å²) < 4.78 is 38.2. The van der Waals surface area contributed by atoms with E-state index in [4.69, 9.17) is 33.2 Å². The molecule has 3 aromatic carbocycles. The maximum Gasteiger partial charge on any atom is 0.343 e. The van der Waals surface area contributed by atoms with Gasteiger partial charge in [0.1, 0.15) is 23.0 Å². The zero-order valence-corrected chi connectivity index (χ0v) is 26.1. The molecule has 0 aliphatic carbocycles. The van der Waals surface area contributed by atoms with Gasteiger partial charge in [-0.1, -0.05) is 13.5 Å². The number of rotatable bonds is 19. The lowest BCUT2D eigenvalue weighted by atomic mass is 9.90. The third kappa shape index (κ3) is 11.4. The first-order valence-electron chi connectivity index (χ1n) is 15.3. The molecule has 4 rings (SSSR count). The zero-order valence-electron chi connectivity index (χ0n) is 26.1. The van der Waals surface area contributed by atoms with Gasteiger partial charge in [-0.15, -0.1) is 0 Å². The van der Waals surface area contributed by atoms with Crippen molar-refractivity contribution in [2.24, 2.45) is 5.41 Å². The molecule has 1 aliphatic rings. The highest BCUT2D eigenvalue weighted by molar-refractivity contribution is 5.92. The van der Waals surface area contributed by atoms with Crippen LogP contribution < -0.4 is 18.9 Å². The van der Waals surface area contributed by atoms with Crippen molar-refractivity contribution in [2.75, 3.05) is 46.2 Å². The minimum atomic E-state index is -0.537. The van der Waals surface area contributed by atoms with E-state index in [1.165, 1.54) is 0 Å². The van der Waals surface area contributed by atoms with Crippen molar-refractivity contribution in [2.45, 2.75) is 32.6 Å². The summed E-state index contributed by atoms with van der Waals surface area (Å²) in [5, 5.41) is 0. The summed E-state index contributed by atoms with van der Waals surface area (Å²) in [7, 11) is 0. The van der Waals surface area contributed by atoms with E-state index in [1.807, 2.05) is 0 Å². The molecule has 1 fully saturated rings. The number of unbranched alkanes of at least 4 members (excludes halogenated alkanes) is 2. The van der Waals surface area contributed by atoms with Crippen LogP contribution in [0.25, 0.3) is 0 Å². The van der Waals surface area contributed by atoms with Crippen molar-refractivity contribution >= 4 is 17.9 Å². The molecule has 3 aromatic rings. The minimum absolute atomic E-state index is 0.166. The van der Waals surface area contributed by atoms with Crippen LogP contribution in [-0.2, 0) is 19.0 Å². The lowest BCUT2D eigenvalue weighted by molar-refractivity contribution is -0.138. The molecule has 244 valence electrons. The normalized spacial score (nSPS) is 13.2. The molecule has 10 heteroatoms. The molecule has 0 amide bonds. The van der Waals surface area contributed by atoms with Crippen LogP contribution in [0.2, 0.25) is 0 Å². The summed E-state index contributed by atoms with van der Waals surface area (Å²) in [6.45, 7) is 9.76. The highest BCUT2D eigenvalue weighted by atomic mass is 16.5. The summed E-state index contributed by atoms with van der Waals surface area (Å²) in [6.07, 6.45) is 4.27. The molecule has 10 nitrogen and oxygen atoms in total. The summed E-state index contributed by atoms with van der Waals surface area (Å²) in [6, 6.07) is 19.6. The summed E-state index contributed by atoms with van der Waals surface area (Å²) in [5.41, 5.74) is 0.898. The zero-order chi connectivity index (χ0) is 32.6. The Morgan fingerprint density at radius 3 is 1.54 bits per heavy atom. The van der Waals surface area contributed by atoms with Crippen LogP contribution in [0, 0.1) is 5.41 Å². The first kappa shape index (κ1) is 34.2. The van der Waals surface area contributed by atoms with Crippen LogP contribution in [-0.4, -0.2) is 64.2 Å². The summed E-state index contributed by atoms with van der Waals surface area (Å²) >= 11 is 0. The van der Waals surface area contributed by atoms with E-state index in [1.54, 1.807) is 72.8 Å². The van der Waals surface area contributed by atoms with Crippen LogP contribution in [0.1, 0.15) is 53.3 Å². The van der Waals surface area contributed by atoms with Gasteiger partial charge in [-0.2, -0.15) is 0 Å². The van der Waals surface area contributed by atoms with Crippen LogP contribution in [0.3, 0.4) is 0 Å². The highest BCUT2D eigenvalue weighted by Crippen LogP contribution is 2.26. The molecular weight excluding hydrogens is 592 g/mol. The summed E-state index contributed by atoms with van der Waals surface area (Å²) in [5.74, 6) is 0.396. The van der Waals surface area contributed by atoms with Crippen molar-refractivity contribution < 1.29 is 47.5 Å². The van der Waals surface area contributed by atoms with Gasteiger partial charge in [0.05, 0.1) is 50.8 Å². The number of hydrogen-bond acceptors (Lipinski definition) is 10. The van der Waals surface area contributed by atoms with Gasteiger partial charge in [-0.3, -0.25) is 0 Å². The average molecular weight is 633 g/mol. The number of carbonyl (C=O) groups is 3. The second-order valence-corrected chi connectivity index (χ2v) is 11.1. The Labute approximate surface area is 269 Å². The monoisotopic (exact) mass is 632 g/mol. The molecule has 1 aliphatic heterocycles. The fraction of sp³-hybridized carbons (Fsp3) is 0.361. The predicted molar refractivity (Wildman–Crippen MR) is 170 cm³/mol. The van der Waals surface area contributed by atoms with E-state index < -0.39 is 17.9 Å². The molecule has 0 N–H and O–H groups in total. The smallest absolute Gasteiger partial charge is 0.343 e. The van der Waals surface area contributed by atoms with Gasteiger partial charge >= 0.3 is 17.9 Å². The third-order valence-electron chi connectivity index (χ3n) is 6.95. The van der Waals surface area contributed by atoms with Gasteiger partial charge < -0.3 is 33.2 Å². The fourth-order valence-electron chi connectivity index (χ4n) is 4.26. The lowest BCUT2D eigenvalue weighted by Gasteiger charge is -2.37. The van der Waals surface area contributed by atoms with Gasteiger partial charge in [0.25, 0.3) is 0 Å². The molecule has 0 spiro atoms. The van der Waals surface area contributed by atoms with Crippen LogP contribution >= 0.6 is 0 Å². The van der Waals surface area contributed by atoms with E-state index in [-0.39, 0.29) is 5.41 Å². The number of ether oxygens (including phenoxy) is 7. The lowest BCUT2D eigenvalue weighted by Crippen LogP contribution is -2.43. The summed E-state index contributed by atoms with van der Waals surface area (Å²) in [4.78, 5) is 36.2. The molecule has 0 unspecified atom stereocenters. The molecule has 0 atom stereocenters. The molecule has 0 bridgehead atoms. The van der Waals surface area contributed by atoms with Gasteiger partial charge in [0, 0.05) is 18.1 Å². The average Bonchev–Trinajstić information content (AvgIpc) is 3.06. The Morgan fingerprint density at radius 2 is 1.11 bits per heavy atom. The van der Waals surface area contributed by atoms with E-state index >= 15 is 0 Å². The van der Waals surface area contributed by atoms with Crippen molar-refractivity contribution in [3.05, 3.63) is 96.6 Å². The van der Waals surface area contributed by atoms with Gasteiger partial charge in [-0.25, -0.2) is 14.4 Å². The van der Waals surface area contributed by atoms with Gasteiger partial charge in [0.15, 0.2) is 0 Å². The predicted octanol–water partition coefficient (Wildman–Crippen LogP) is 6.23. The van der Waals surface area contributed by atoms with E-state index in [9.17, 15) is 14.4 Å². The van der Waals surface area contributed by atoms with Gasteiger partial charge in [-0.05, 0) is 98.5 Å². The van der Waals surface area contributed by atoms with Crippen LogP contribution in [0.5, 0.6) is 23.0 Å². The van der Waals surface area contributed by atoms with E-state index in [0.717, 1.165) is 38.7 Å². The molecule has 1 saturated heterocycles. The maximum atomic E-state index is 12.6. The maximum absolute atomic E-state index is 12.6. The number of esters is 3. The Balaban J connectivity index is 1.12. The standard InChI is InChI=1S/C36H40O10/c1-3-33(37)44-23-7-6-22-43-30-14-10-28(11-15-30)35(39)46-32-18-16-31(17-19-32)45-34(38)27-8-12-29(13-9-27)42-21-5-4-20-40-24-36(2)25-41-26-36/h3,8-19H,1,4-7,20-26H2,2H3. The Kier molecular flexibility index (Phi) is 13.2. The Bertz CT molecular complexity index is 1410. The number of benzene rings is 3. The van der Waals surface area contributed by atoms with Crippen molar-refractivity contribution in [3.63, 3.8) is 0 Å². The minimum Gasteiger partial charge on any atom is -0.494 e. The van der Waals surface area contributed by atoms with E-state index in [0.29, 0.717) is 73.4 Å². The molecule has 46 heavy (non-hydrogen) atoms. The first-order chi connectivity index (χ1) is 22.3. The largest absolute Gasteiger partial charge is 0.494 e. The number of hydrogen-bond donors (Lipinski definition) is 0. The Morgan fingerprint density at radius 1 is 0.674 bits per heavy atom. The molecule has 1 heterocycles. The van der Waals surface area contributed by atoms with Crippen LogP contribution in [0.4, 0.5) is 0 Å². The first-order valence-corrected chi connectivity index (χ1v) is 15.3. The van der Waals surface area contributed by atoms with Crippen LogP contribution in [0.15, 0.2) is 85.5 Å². The SMILES string of the molecule is C=CC(=O)OCCCCOc1ccc(C(=O)Oc2ccc(OC(=O)c3ccc(OCCCCOCC4(C)COC4)cc3)cc2)cc1. The van der Waals surface area contributed by atoms with E-state index in [2.05, 4.69) is 13.5 Å². The topological polar surface area (TPSA) is 116 Å². The molecule has 0 radical (unpaired) electrons.